The van der Waals surface area contributed by atoms with Crippen molar-refractivity contribution in [3.05, 3.63) is 41.5 Å². The number of halogens is 3. The Morgan fingerprint density at radius 1 is 1.11 bits per heavy atom. The lowest BCUT2D eigenvalue weighted by Gasteiger charge is -2.18. The molecule has 0 saturated carbocycles. The minimum atomic E-state index is -4.34. The summed E-state index contributed by atoms with van der Waals surface area (Å²) in [7, 11) is 0. The van der Waals surface area contributed by atoms with Crippen LogP contribution in [0, 0.1) is 0 Å². The first kappa shape index (κ1) is 15.3. The molecule has 0 aliphatic heterocycles. The van der Waals surface area contributed by atoms with Crippen LogP contribution >= 0.6 is 0 Å². The fraction of sp³-hybridized carbons (Fsp3) is 0.357. The average molecular weight is 271 g/mol. The molecule has 104 valence electrons. The van der Waals surface area contributed by atoms with Gasteiger partial charge in [0.1, 0.15) is 0 Å². The van der Waals surface area contributed by atoms with E-state index in [1.165, 1.54) is 24.3 Å². The quantitative estimate of drug-likeness (QED) is 0.818. The third-order valence-corrected chi connectivity index (χ3v) is 2.16. The Bertz CT molecular complexity index is 467. The van der Waals surface area contributed by atoms with E-state index in [4.69, 9.17) is 0 Å². The maximum absolute atomic E-state index is 12.3. The number of carbonyl (C=O) groups excluding carboxylic acids is 1. The minimum Gasteiger partial charge on any atom is -0.348 e. The molecule has 5 heteroatoms. The van der Waals surface area contributed by atoms with Crippen molar-refractivity contribution in [2.24, 2.45) is 0 Å². The molecule has 0 fully saturated rings. The highest BCUT2D eigenvalue weighted by Crippen LogP contribution is 2.29. The minimum absolute atomic E-state index is 0.285. The fourth-order valence-electron chi connectivity index (χ4n) is 1.37. The first-order chi connectivity index (χ1) is 8.58. The topological polar surface area (TPSA) is 29.1 Å². The van der Waals surface area contributed by atoms with E-state index in [1.807, 2.05) is 20.8 Å². The zero-order valence-electron chi connectivity index (χ0n) is 11.0. The summed E-state index contributed by atoms with van der Waals surface area (Å²) in [5, 5.41) is 2.72. The molecule has 0 radical (unpaired) electrons. The summed E-state index contributed by atoms with van der Waals surface area (Å²) in [6.07, 6.45) is -1.57. The third-order valence-electron chi connectivity index (χ3n) is 2.16. The number of benzene rings is 1. The molecule has 0 heterocycles. The highest BCUT2D eigenvalue weighted by Gasteiger charge is 2.29. The molecule has 1 amide bonds. The van der Waals surface area contributed by atoms with Gasteiger partial charge in [-0.25, -0.2) is 0 Å². The largest absolute Gasteiger partial charge is 0.416 e. The standard InChI is InChI=1S/C14H16F3NO/c1-13(2,3)18-12(19)9-6-10-4-7-11(8-5-10)14(15,16)17/h4-9H,1-3H3,(H,18,19)/b9-6+. The Balaban J connectivity index is 2.71. The number of hydrogen-bond donors (Lipinski definition) is 1. The van der Waals surface area contributed by atoms with Gasteiger partial charge in [-0.2, -0.15) is 13.2 Å². The van der Waals surface area contributed by atoms with Crippen molar-refractivity contribution in [3.63, 3.8) is 0 Å². The Kier molecular flexibility index (Phi) is 4.39. The van der Waals surface area contributed by atoms with Gasteiger partial charge >= 0.3 is 6.18 Å². The second kappa shape index (κ2) is 5.47. The molecule has 0 atom stereocenters. The number of alkyl halides is 3. The van der Waals surface area contributed by atoms with E-state index in [0.717, 1.165) is 12.1 Å². The molecule has 1 aromatic carbocycles. The summed E-state index contributed by atoms with van der Waals surface area (Å²) in [4.78, 5) is 11.5. The van der Waals surface area contributed by atoms with E-state index in [2.05, 4.69) is 5.32 Å². The second-order valence-corrected chi connectivity index (χ2v) is 5.19. The Morgan fingerprint density at radius 3 is 2.05 bits per heavy atom. The van der Waals surface area contributed by atoms with E-state index in [-0.39, 0.29) is 11.4 Å². The van der Waals surface area contributed by atoms with Gasteiger partial charge in [-0.15, -0.1) is 0 Å². The lowest BCUT2D eigenvalue weighted by atomic mass is 10.1. The van der Waals surface area contributed by atoms with Crippen molar-refractivity contribution in [2.45, 2.75) is 32.5 Å². The summed E-state index contributed by atoms with van der Waals surface area (Å²) in [6, 6.07) is 4.62. The van der Waals surface area contributed by atoms with Crippen molar-refractivity contribution >= 4 is 12.0 Å². The van der Waals surface area contributed by atoms with E-state index in [0.29, 0.717) is 5.56 Å². The Hall–Kier alpha value is -1.78. The van der Waals surface area contributed by atoms with Crippen molar-refractivity contribution in [2.75, 3.05) is 0 Å². The van der Waals surface area contributed by atoms with Crippen molar-refractivity contribution in [3.8, 4) is 0 Å². The molecular formula is C14H16F3NO. The van der Waals surface area contributed by atoms with Crippen molar-refractivity contribution in [1.82, 2.24) is 5.32 Å². The molecular weight excluding hydrogens is 255 g/mol. The first-order valence-electron chi connectivity index (χ1n) is 5.75. The molecule has 19 heavy (non-hydrogen) atoms. The molecule has 0 aromatic heterocycles. The number of carbonyl (C=O) groups is 1. The van der Waals surface area contributed by atoms with Crippen LogP contribution < -0.4 is 5.32 Å². The van der Waals surface area contributed by atoms with E-state index in [1.54, 1.807) is 0 Å². The smallest absolute Gasteiger partial charge is 0.348 e. The van der Waals surface area contributed by atoms with Gasteiger partial charge in [-0.3, -0.25) is 4.79 Å². The fourth-order valence-corrected chi connectivity index (χ4v) is 1.37. The molecule has 1 aromatic rings. The lowest BCUT2D eigenvalue weighted by molar-refractivity contribution is -0.137. The molecule has 0 spiro atoms. The molecule has 0 bridgehead atoms. The third kappa shape index (κ3) is 5.59. The molecule has 1 N–H and O–H groups in total. The van der Waals surface area contributed by atoms with Crippen LogP contribution in [-0.2, 0) is 11.0 Å². The van der Waals surface area contributed by atoms with Gasteiger partial charge in [0, 0.05) is 11.6 Å². The number of amides is 1. The lowest BCUT2D eigenvalue weighted by Crippen LogP contribution is -2.39. The van der Waals surface area contributed by atoms with Gasteiger partial charge < -0.3 is 5.32 Å². The average Bonchev–Trinajstić information content (AvgIpc) is 2.23. The summed E-state index contributed by atoms with van der Waals surface area (Å²) < 4.78 is 37.0. The van der Waals surface area contributed by atoms with Gasteiger partial charge in [0.2, 0.25) is 5.91 Å². The summed E-state index contributed by atoms with van der Waals surface area (Å²) in [6.45, 7) is 5.53. The molecule has 0 aliphatic carbocycles. The van der Waals surface area contributed by atoms with Crippen LogP contribution in [0.4, 0.5) is 13.2 Å². The van der Waals surface area contributed by atoms with Gasteiger partial charge in [0.05, 0.1) is 5.56 Å². The van der Waals surface area contributed by atoms with Crippen LogP contribution in [0.25, 0.3) is 6.08 Å². The normalized spacial score (nSPS) is 12.7. The zero-order chi connectivity index (χ0) is 14.7. The second-order valence-electron chi connectivity index (χ2n) is 5.19. The predicted molar refractivity (Wildman–Crippen MR) is 68.4 cm³/mol. The van der Waals surface area contributed by atoms with Gasteiger partial charge in [0.25, 0.3) is 0 Å². The highest BCUT2D eigenvalue weighted by atomic mass is 19.4. The van der Waals surface area contributed by atoms with Crippen LogP contribution in [0.5, 0.6) is 0 Å². The van der Waals surface area contributed by atoms with Gasteiger partial charge in [-0.05, 0) is 44.5 Å². The molecule has 0 saturated heterocycles. The van der Waals surface area contributed by atoms with Crippen LogP contribution in [0.15, 0.2) is 30.3 Å². The maximum Gasteiger partial charge on any atom is 0.416 e. The Morgan fingerprint density at radius 2 is 1.63 bits per heavy atom. The molecule has 2 nitrogen and oxygen atoms in total. The van der Waals surface area contributed by atoms with Crippen molar-refractivity contribution in [1.29, 1.82) is 0 Å². The molecule has 0 aliphatic rings. The number of rotatable bonds is 2. The van der Waals surface area contributed by atoms with E-state index < -0.39 is 11.7 Å². The van der Waals surface area contributed by atoms with E-state index in [9.17, 15) is 18.0 Å². The van der Waals surface area contributed by atoms with Crippen LogP contribution in [0.2, 0.25) is 0 Å². The first-order valence-corrected chi connectivity index (χ1v) is 5.75. The Labute approximate surface area is 110 Å². The predicted octanol–water partition coefficient (Wildman–Crippen LogP) is 3.63. The maximum atomic E-state index is 12.3. The zero-order valence-corrected chi connectivity index (χ0v) is 11.0. The summed E-state index contributed by atoms with van der Waals surface area (Å²) in [5.74, 6) is -0.285. The SMILES string of the molecule is CC(C)(C)NC(=O)/C=C/c1ccc(C(F)(F)F)cc1. The molecule has 0 unspecified atom stereocenters. The number of hydrogen-bond acceptors (Lipinski definition) is 1. The van der Waals surface area contributed by atoms with Crippen molar-refractivity contribution < 1.29 is 18.0 Å². The molecule has 1 rings (SSSR count). The summed E-state index contributed by atoms with van der Waals surface area (Å²) in [5.41, 5.74) is -0.512. The van der Waals surface area contributed by atoms with Gasteiger partial charge in [-0.1, -0.05) is 12.1 Å². The monoisotopic (exact) mass is 271 g/mol. The summed E-state index contributed by atoms with van der Waals surface area (Å²) >= 11 is 0. The number of nitrogens with one attached hydrogen (secondary N) is 1. The van der Waals surface area contributed by atoms with Crippen LogP contribution in [-0.4, -0.2) is 11.4 Å². The van der Waals surface area contributed by atoms with Crippen LogP contribution in [0.1, 0.15) is 31.9 Å². The van der Waals surface area contributed by atoms with E-state index >= 15 is 0 Å². The van der Waals surface area contributed by atoms with Gasteiger partial charge in [0.15, 0.2) is 0 Å². The van der Waals surface area contributed by atoms with Crippen LogP contribution in [0.3, 0.4) is 0 Å². The highest BCUT2D eigenvalue weighted by molar-refractivity contribution is 5.92.